The van der Waals surface area contributed by atoms with Crippen molar-refractivity contribution in [3.63, 3.8) is 0 Å². The van der Waals surface area contributed by atoms with E-state index >= 15 is 0 Å². The number of thioether (sulfide) groups is 1. The molecule has 0 aliphatic carbocycles. The Bertz CT molecular complexity index is 537. The van der Waals surface area contributed by atoms with Crippen LogP contribution in [0.3, 0.4) is 0 Å². The monoisotopic (exact) mass is 309 g/mol. The number of carbonyl (C=O) groups is 1. The van der Waals surface area contributed by atoms with Gasteiger partial charge in [0.2, 0.25) is 0 Å². The fourth-order valence-corrected chi connectivity index (χ4v) is 2.42. The predicted molar refractivity (Wildman–Crippen MR) is 84.9 cm³/mol. The second kappa shape index (κ2) is 9.43. The molecule has 0 aliphatic rings. The summed E-state index contributed by atoms with van der Waals surface area (Å²) in [5.41, 5.74) is 0.705. The Hall–Kier alpha value is -1.51. The van der Waals surface area contributed by atoms with E-state index < -0.39 is 5.82 Å². The van der Waals surface area contributed by atoms with Gasteiger partial charge < -0.3 is 10.4 Å². The Labute approximate surface area is 129 Å². The lowest BCUT2D eigenvalue weighted by atomic mass is 10.1. The molecule has 1 unspecified atom stereocenters. The van der Waals surface area contributed by atoms with Crippen molar-refractivity contribution in [1.29, 1.82) is 0 Å². The number of hydrogen-bond acceptors (Lipinski definition) is 3. The van der Waals surface area contributed by atoms with Crippen LogP contribution in [-0.4, -0.2) is 36.2 Å². The third kappa shape index (κ3) is 6.19. The summed E-state index contributed by atoms with van der Waals surface area (Å²) in [7, 11) is 0. The van der Waals surface area contributed by atoms with E-state index in [9.17, 15) is 9.18 Å². The van der Waals surface area contributed by atoms with Crippen molar-refractivity contribution in [2.45, 2.75) is 13.3 Å². The minimum atomic E-state index is -0.468. The molecule has 1 rings (SSSR count). The number of rotatable bonds is 6. The molecule has 1 amide bonds. The molecule has 1 atom stereocenters. The first-order chi connectivity index (χ1) is 10.1. The van der Waals surface area contributed by atoms with Crippen LogP contribution in [0.2, 0.25) is 0 Å². The van der Waals surface area contributed by atoms with Gasteiger partial charge in [-0.15, -0.1) is 0 Å². The summed E-state index contributed by atoms with van der Waals surface area (Å²) >= 11 is 1.72. The number of hydrogen-bond donors (Lipinski definition) is 2. The molecular weight excluding hydrogens is 289 g/mol. The highest BCUT2D eigenvalue weighted by Crippen LogP contribution is 2.11. The van der Waals surface area contributed by atoms with Crippen molar-refractivity contribution in [2.24, 2.45) is 5.92 Å². The van der Waals surface area contributed by atoms with E-state index in [1.807, 2.05) is 13.2 Å². The lowest BCUT2D eigenvalue weighted by molar-refractivity contribution is 0.0948. The van der Waals surface area contributed by atoms with Crippen LogP contribution in [-0.2, 0) is 0 Å². The highest BCUT2D eigenvalue weighted by Gasteiger charge is 2.12. The molecule has 0 heterocycles. The molecule has 114 valence electrons. The van der Waals surface area contributed by atoms with Gasteiger partial charge in [-0.05, 0) is 36.1 Å². The summed E-state index contributed by atoms with van der Waals surface area (Å²) < 4.78 is 13.3. The van der Waals surface area contributed by atoms with Gasteiger partial charge in [0.15, 0.2) is 0 Å². The number of aliphatic hydroxyl groups excluding tert-OH is 1. The lowest BCUT2D eigenvalue weighted by Crippen LogP contribution is -2.29. The summed E-state index contributed by atoms with van der Waals surface area (Å²) in [4.78, 5) is 12.2. The molecule has 0 aliphatic heterocycles. The average Bonchev–Trinajstić information content (AvgIpc) is 2.46. The third-order valence-electron chi connectivity index (χ3n) is 2.75. The van der Waals surface area contributed by atoms with E-state index in [4.69, 9.17) is 5.11 Å². The van der Waals surface area contributed by atoms with Crippen molar-refractivity contribution in [1.82, 2.24) is 5.32 Å². The molecular formula is C16H20FNO2S. The fraction of sp³-hybridized carbons (Fsp3) is 0.438. The van der Waals surface area contributed by atoms with Crippen LogP contribution in [0.15, 0.2) is 18.2 Å². The molecule has 0 saturated carbocycles. The zero-order valence-electron chi connectivity index (χ0n) is 12.3. The molecule has 0 bridgehead atoms. The Morgan fingerprint density at radius 2 is 2.29 bits per heavy atom. The maximum Gasteiger partial charge on any atom is 0.252 e. The van der Waals surface area contributed by atoms with Gasteiger partial charge >= 0.3 is 0 Å². The van der Waals surface area contributed by atoms with Crippen LogP contribution in [0.4, 0.5) is 4.39 Å². The van der Waals surface area contributed by atoms with E-state index in [0.29, 0.717) is 24.4 Å². The zero-order chi connectivity index (χ0) is 15.7. The Morgan fingerprint density at radius 3 is 2.95 bits per heavy atom. The van der Waals surface area contributed by atoms with Crippen molar-refractivity contribution in [3.8, 4) is 11.8 Å². The molecule has 21 heavy (non-hydrogen) atoms. The number of amides is 1. The topological polar surface area (TPSA) is 49.3 Å². The Kier molecular flexibility index (Phi) is 7.88. The normalized spacial score (nSPS) is 11.4. The molecule has 3 nitrogen and oxygen atoms in total. The molecule has 0 spiro atoms. The van der Waals surface area contributed by atoms with E-state index in [-0.39, 0.29) is 18.1 Å². The van der Waals surface area contributed by atoms with Crippen molar-refractivity contribution in [3.05, 3.63) is 35.1 Å². The molecule has 5 heteroatoms. The number of nitrogens with one attached hydrogen (secondary N) is 1. The van der Waals surface area contributed by atoms with Gasteiger partial charge in [-0.25, -0.2) is 4.39 Å². The van der Waals surface area contributed by atoms with E-state index in [1.54, 1.807) is 11.8 Å². The van der Waals surface area contributed by atoms with E-state index in [2.05, 4.69) is 17.2 Å². The third-order valence-corrected chi connectivity index (χ3v) is 3.65. The number of carbonyl (C=O) groups excluding carboxylic acids is 1. The number of halogens is 1. The van der Waals surface area contributed by atoms with Gasteiger partial charge in [-0.3, -0.25) is 4.79 Å². The molecule has 0 fully saturated rings. The first-order valence-electron chi connectivity index (χ1n) is 6.75. The van der Waals surface area contributed by atoms with Gasteiger partial charge in [0.05, 0.1) is 12.2 Å². The first-order valence-corrected chi connectivity index (χ1v) is 8.14. The summed E-state index contributed by atoms with van der Waals surface area (Å²) in [6, 6.07) is 3.95. The first kappa shape index (κ1) is 17.5. The number of benzene rings is 1. The smallest absolute Gasteiger partial charge is 0.252 e. The molecule has 0 aromatic heterocycles. The molecule has 1 aromatic carbocycles. The SMILES string of the molecule is CSCC(C)CNC(=O)c1cc(F)ccc1C#CCCO. The van der Waals surface area contributed by atoms with Crippen LogP contribution in [0.25, 0.3) is 0 Å². The van der Waals surface area contributed by atoms with Gasteiger partial charge in [0.1, 0.15) is 5.82 Å². The lowest BCUT2D eigenvalue weighted by Gasteiger charge is -2.12. The Balaban J connectivity index is 2.82. The van der Waals surface area contributed by atoms with Gasteiger partial charge in [-0.2, -0.15) is 11.8 Å². The number of aliphatic hydroxyl groups is 1. The summed E-state index contributed by atoms with van der Waals surface area (Å²) in [5, 5.41) is 11.5. The van der Waals surface area contributed by atoms with Crippen molar-refractivity contribution in [2.75, 3.05) is 25.2 Å². The second-order valence-corrected chi connectivity index (χ2v) is 5.65. The van der Waals surface area contributed by atoms with Gasteiger partial charge in [0, 0.05) is 18.5 Å². The minimum absolute atomic E-state index is 0.0398. The van der Waals surface area contributed by atoms with E-state index in [1.165, 1.54) is 18.2 Å². The maximum absolute atomic E-state index is 13.3. The molecule has 2 N–H and O–H groups in total. The van der Waals surface area contributed by atoms with Crippen LogP contribution >= 0.6 is 11.8 Å². The van der Waals surface area contributed by atoms with Gasteiger partial charge in [-0.1, -0.05) is 18.8 Å². The molecule has 1 aromatic rings. The zero-order valence-corrected chi connectivity index (χ0v) is 13.1. The minimum Gasteiger partial charge on any atom is -0.395 e. The maximum atomic E-state index is 13.3. The fourth-order valence-electron chi connectivity index (χ4n) is 1.73. The average molecular weight is 309 g/mol. The Morgan fingerprint density at radius 1 is 1.52 bits per heavy atom. The molecule has 0 radical (unpaired) electrons. The standard InChI is InChI=1S/C16H20FNO2S/c1-12(11-21-2)10-18-16(20)15-9-14(17)7-6-13(15)5-3-4-8-19/h6-7,9,12,19H,4,8,10-11H2,1-2H3,(H,18,20). The highest BCUT2D eigenvalue weighted by atomic mass is 32.2. The van der Waals surface area contributed by atoms with Crippen LogP contribution in [0.1, 0.15) is 29.3 Å². The van der Waals surface area contributed by atoms with Crippen LogP contribution in [0.5, 0.6) is 0 Å². The predicted octanol–water partition coefficient (Wildman–Crippen LogP) is 2.29. The largest absolute Gasteiger partial charge is 0.395 e. The quantitative estimate of drug-likeness (QED) is 0.793. The second-order valence-electron chi connectivity index (χ2n) is 4.74. The summed E-state index contributed by atoms with van der Waals surface area (Å²) in [6.07, 6.45) is 2.34. The van der Waals surface area contributed by atoms with E-state index in [0.717, 1.165) is 5.75 Å². The van der Waals surface area contributed by atoms with Crippen molar-refractivity contribution >= 4 is 17.7 Å². The van der Waals surface area contributed by atoms with Gasteiger partial charge in [0.25, 0.3) is 5.91 Å². The molecule has 0 saturated heterocycles. The summed E-state index contributed by atoms with van der Waals surface area (Å²) in [5.74, 6) is 6.05. The van der Waals surface area contributed by atoms with Crippen LogP contribution < -0.4 is 5.32 Å². The summed E-state index contributed by atoms with van der Waals surface area (Å²) in [6.45, 7) is 2.55. The highest BCUT2D eigenvalue weighted by molar-refractivity contribution is 7.98. The van der Waals surface area contributed by atoms with Crippen LogP contribution in [0, 0.1) is 23.6 Å². The van der Waals surface area contributed by atoms with Crippen molar-refractivity contribution < 1.29 is 14.3 Å².